The average Bonchev–Trinajstić information content (AvgIpc) is 3.39. The molecule has 2 amide bonds. The van der Waals surface area contributed by atoms with Gasteiger partial charge in [0.1, 0.15) is 4.88 Å². The van der Waals surface area contributed by atoms with Gasteiger partial charge in [-0.2, -0.15) is 0 Å². The Labute approximate surface area is 195 Å². The van der Waals surface area contributed by atoms with Crippen molar-refractivity contribution < 1.29 is 14.3 Å². The predicted octanol–water partition coefficient (Wildman–Crippen LogP) is 4.33. The van der Waals surface area contributed by atoms with Crippen molar-refractivity contribution >= 4 is 51.4 Å². The van der Waals surface area contributed by atoms with Gasteiger partial charge >= 0.3 is 17.7 Å². The van der Waals surface area contributed by atoms with Crippen LogP contribution in [0.5, 0.6) is 0 Å². The van der Waals surface area contributed by atoms with Gasteiger partial charge in [-0.1, -0.05) is 0 Å². The standard InChI is InChI=1S/C23H29N5O4S/c1-4-27-18-13-16(25-22(30)24-15-9-12-33-20(15)21(29)32-3)17(26-10-7-6-8-11-26)14-19(18)28(5-2)23(27)31/h9,12-14H,4-8,10-11H2,1-3H3,(H2,24,25,30). The summed E-state index contributed by atoms with van der Waals surface area (Å²) in [5.74, 6) is -0.497. The minimum atomic E-state index is -0.497. The Morgan fingerprint density at radius 1 is 1.00 bits per heavy atom. The molecule has 1 fully saturated rings. The number of thiophene rings is 1. The van der Waals surface area contributed by atoms with Crippen molar-refractivity contribution in [1.29, 1.82) is 0 Å². The van der Waals surface area contributed by atoms with E-state index < -0.39 is 12.0 Å². The number of methoxy groups -OCH3 is 1. The Bertz CT molecular complexity index is 1240. The first-order valence-electron chi connectivity index (χ1n) is 11.2. The fourth-order valence-corrected chi connectivity index (χ4v) is 5.16. The van der Waals surface area contributed by atoms with E-state index in [0.717, 1.165) is 42.7 Å². The molecule has 0 saturated carbocycles. The smallest absolute Gasteiger partial charge is 0.350 e. The van der Waals surface area contributed by atoms with Crippen molar-refractivity contribution in [2.45, 2.75) is 46.2 Å². The lowest BCUT2D eigenvalue weighted by Gasteiger charge is -2.30. The summed E-state index contributed by atoms with van der Waals surface area (Å²) in [4.78, 5) is 40.4. The summed E-state index contributed by atoms with van der Waals surface area (Å²) in [5, 5.41) is 7.44. The molecule has 3 aromatic rings. The number of hydrogen-bond donors (Lipinski definition) is 2. The number of nitrogens with zero attached hydrogens (tertiary/aromatic N) is 3. The number of piperidine rings is 1. The van der Waals surface area contributed by atoms with E-state index in [4.69, 9.17) is 4.74 Å². The summed E-state index contributed by atoms with van der Waals surface area (Å²) in [6, 6.07) is 5.10. The molecule has 0 spiro atoms. The van der Waals surface area contributed by atoms with Gasteiger partial charge in [-0.25, -0.2) is 14.4 Å². The third-order valence-electron chi connectivity index (χ3n) is 6.00. The third kappa shape index (κ3) is 4.35. The second-order valence-corrected chi connectivity index (χ2v) is 8.83. The lowest BCUT2D eigenvalue weighted by molar-refractivity contribution is 0.0607. The van der Waals surface area contributed by atoms with Crippen LogP contribution in [0, 0.1) is 0 Å². The van der Waals surface area contributed by atoms with E-state index in [1.807, 2.05) is 26.0 Å². The van der Waals surface area contributed by atoms with E-state index in [9.17, 15) is 14.4 Å². The first-order chi connectivity index (χ1) is 16.0. The molecule has 0 atom stereocenters. The van der Waals surface area contributed by atoms with Crippen LogP contribution in [0.4, 0.5) is 21.9 Å². The zero-order valence-electron chi connectivity index (χ0n) is 19.1. The second kappa shape index (κ2) is 9.70. The molecule has 9 nitrogen and oxygen atoms in total. The maximum absolute atomic E-state index is 12.9. The Morgan fingerprint density at radius 3 is 2.27 bits per heavy atom. The van der Waals surface area contributed by atoms with Gasteiger partial charge in [0.2, 0.25) is 0 Å². The summed E-state index contributed by atoms with van der Waals surface area (Å²) in [5.41, 5.74) is 3.51. The number of aryl methyl sites for hydroxylation is 2. The van der Waals surface area contributed by atoms with Crippen molar-refractivity contribution in [2.75, 3.05) is 35.7 Å². The molecule has 2 N–H and O–H groups in total. The lowest BCUT2D eigenvalue weighted by Crippen LogP contribution is -2.31. The van der Waals surface area contributed by atoms with Gasteiger partial charge in [0.05, 0.1) is 35.2 Å². The van der Waals surface area contributed by atoms with Crippen LogP contribution < -0.4 is 21.2 Å². The van der Waals surface area contributed by atoms with Crippen LogP contribution in [0.15, 0.2) is 28.4 Å². The maximum Gasteiger partial charge on any atom is 0.350 e. The summed E-state index contributed by atoms with van der Waals surface area (Å²) < 4.78 is 8.28. The first-order valence-corrected chi connectivity index (χ1v) is 12.1. The molecule has 3 heterocycles. The van der Waals surface area contributed by atoms with Gasteiger partial charge in [0.15, 0.2) is 0 Å². The number of rotatable bonds is 6. The van der Waals surface area contributed by atoms with Crippen molar-refractivity contribution in [3.63, 3.8) is 0 Å². The quantitative estimate of drug-likeness (QED) is 0.522. The van der Waals surface area contributed by atoms with Crippen molar-refractivity contribution in [2.24, 2.45) is 0 Å². The summed E-state index contributed by atoms with van der Waals surface area (Å²) in [6.45, 7) is 6.79. The van der Waals surface area contributed by atoms with Gasteiger partial charge in [-0.05, 0) is 56.7 Å². The van der Waals surface area contributed by atoms with Crippen LogP contribution >= 0.6 is 11.3 Å². The number of fused-ring (bicyclic) bond motifs is 1. The molecule has 4 rings (SSSR count). The number of benzene rings is 1. The molecule has 2 aromatic heterocycles. The van der Waals surface area contributed by atoms with Gasteiger partial charge in [-0.3, -0.25) is 9.13 Å². The Balaban J connectivity index is 1.73. The van der Waals surface area contributed by atoms with E-state index in [-0.39, 0.29) is 5.69 Å². The van der Waals surface area contributed by atoms with Gasteiger partial charge < -0.3 is 20.3 Å². The number of nitrogens with one attached hydrogen (secondary N) is 2. The topological polar surface area (TPSA) is 97.6 Å². The van der Waals surface area contributed by atoms with Gasteiger partial charge in [0, 0.05) is 26.2 Å². The number of carbonyl (C=O) groups is 2. The van der Waals surface area contributed by atoms with Gasteiger partial charge in [0.25, 0.3) is 0 Å². The molecule has 0 bridgehead atoms. The highest BCUT2D eigenvalue weighted by Crippen LogP contribution is 2.33. The minimum Gasteiger partial charge on any atom is -0.465 e. The summed E-state index contributed by atoms with van der Waals surface area (Å²) in [7, 11) is 1.31. The molecule has 0 radical (unpaired) electrons. The normalized spacial score (nSPS) is 13.8. The van der Waals surface area contributed by atoms with E-state index in [2.05, 4.69) is 15.5 Å². The molecular formula is C23H29N5O4S. The number of aromatic nitrogens is 2. The van der Waals surface area contributed by atoms with E-state index in [1.165, 1.54) is 24.9 Å². The number of amides is 2. The number of urea groups is 1. The monoisotopic (exact) mass is 471 g/mol. The Kier molecular flexibility index (Phi) is 6.73. The summed E-state index contributed by atoms with van der Waals surface area (Å²) >= 11 is 1.20. The van der Waals surface area contributed by atoms with Crippen LogP contribution in [0.25, 0.3) is 11.0 Å². The number of anilines is 3. The second-order valence-electron chi connectivity index (χ2n) is 7.91. The number of esters is 1. The average molecular weight is 472 g/mol. The molecule has 1 aromatic carbocycles. The molecular weight excluding hydrogens is 442 g/mol. The minimum absolute atomic E-state index is 0.0535. The predicted molar refractivity (Wildman–Crippen MR) is 132 cm³/mol. The van der Waals surface area contributed by atoms with Crippen molar-refractivity contribution in [1.82, 2.24) is 9.13 Å². The first kappa shape index (κ1) is 22.9. The van der Waals surface area contributed by atoms with Crippen LogP contribution in [0.2, 0.25) is 0 Å². The van der Waals surface area contributed by atoms with Crippen LogP contribution in [-0.4, -0.2) is 41.3 Å². The molecule has 1 aliphatic rings. The molecule has 0 aliphatic carbocycles. The van der Waals surface area contributed by atoms with Gasteiger partial charge in [-0.15, -0.1) is 11.3 Å². The number of imidazole rings is 1. The molecule has 1 saturated heterocycles. The maximum atomic E-state index is 12.9. The lowest BCUT2D eigenvalue weighted by atomic mass is 10.1. The number of ether oxygens (including phenoxy) is 1. The largest absolute Gasteiger partial charge is 0.465 e. The highest BCUT2D eigenvalue weighted by atomic mass is 32.1. The number of hydrogen-bond acceptors (Lipinski definition) is 6. The fourth-order valence-electron chi connectivity index (χ4n) is 4.39. The van der Waals surface area contributed by atoms with Crippen LogP contribution in [0.1, 0.15) is 42.8 Å². The third-order valence-corrected chi connectivity index (χ3v) is 6.89. The molecule has 0 unspecified atom stereocenters. The van der Waals surface area contributed by atoms with E-state index in [1.54, 1.807) is 20.6 Å². The SMILES string of the molecule is CCn1c(=O)n(CC)c2cc(N3CCCCC3)c(NC(=O)Nc3ccsc3C(=O)OC)cc21. The Hall–Kier alpha value is -3.27. The fraction of sp³-hybridized carbons (Fsp3) is 0.435. The molecule has 33 heavy (non-hydrogen) atoms. The molecule has 1 aliphatic heterocycles. The number of carbonyl (C=O) groups excluding carboxylic acids is 2. The summed E-state index contributed by atoms with van der Waals surface area (Å²) in [6.07, 6.45) is 3.34. The molecule has 10 heteroatoms. The van der Waals surface area contributed by atoms with Crippen molar-refractivity contribution in [3.8, 4) is 0 Å². The Morgan fingerprint density at radius 2 is 1.64 bits per heavy atom. The zero-order chi connectivity index (χ0) is 23.5. The van der Waals surface area contributed by atoms with Crippen LogP contribution in [-0.2, 0) is 17.8 Å². The van der Waals surface area contributed by atoms with E-state index in [0.29, 0.717) is 29.3 Å². The van der Waals surface area contributed by atoms with Crippen LogP contribution in [0.3, 0.4) is 0 Å². The van der Waals surface area contributed by atoms with Crippen molar-refractivity contribution in [3.05, 3.63) is 38.9 Å². The zero-order valence-corrected chi connectivity index (χ0v) is 20.0. The molecule has 176 valence electrons. The highest BCUT2D eigenvalue weighted by Gasteiger charge is 2.22. The van der Waals surface area contributed by atoms with E-state index >= 15 is 0 Å². The highest BCUT2D eigenvalue weighted by molar-refractivity contribution is 7.12.